The van der Waals surface area contributed by atoms with Crippen LogP contribution in [0.25, 0.3) is 6.08 Å². The summed E-state index contributed by atoms with van der Waals surface area (Å²) in [7, 11) is 0. The number of amides is 1. The van der Waals surface area contributed by atoms with Crippen LogP contribution in [0.4, 0.5) is 0 Å². The smallest absolute Gasteiger partial charge is 0.264 e. The summed E-state index contributed by atoms with van der Waals surface area (Å²) in [5, 5.41) is 3.59. The first-order valence-electron chi connectivity index (χ1n) is 7.96. The predicted octanol–water partition coefficient (Wildman–Crippen LogP) is 2.96. The summed E-state index contributed by atoms with van der Waals surface area (Å²) >= 11 is 1.42. The Morgan fingerprint density at radius 3 is 2.78 bits per heavy atom. The largest absolute Gasteiger partial charge is 0.486 e. The number of aliphatic imine (C=N–C) groups is 1. The van der Waals surface area contributed by atoms with Crippen molar-refractivity contribution < 1.29 is 14.3 Å². The quantitative estimate of drug-likeness (QED) is 0.847. The molecule has 0 radical (unpaired) electrons. The molecular formula is C17H18N2O3S. The van der Waals surface area contributed by atoms with Gasteiger partial charge in [0.1, 0.15) is 13.2 Å². The second-order valence-electron chi connectivity index (χ2n) is 5.84. The summed E-state index contributed by atoms with van der Waals surface area (Å²) in [6.07, 6.45) is 6.59. The molecule has 1 saturated carbocycles. The van der Waals surface area contributed by atoms with Crippen LogP contribution in [0.3, 0.4) is 0 Å². The number of ether oxygens (including phenoxy) is 2. The molecule has 2 aliphatic heterocycles. The summed E-state index contributed by atoms with van der Waals surface area (Å²) < 4.78 is 11.1. The van der Waals surface area contributed by atoms with Gasteiger partial charge < -0.3 is 14.8 Å². The lowest BCUT2D eigenvalue weighted by Crippen LogP contribution is -2.21. The van der Waals surface area contributed by atoms with Crippen LogP contribution in [0, 0.1) is 0 Å². The zero-order chi connectivity index (χ0) is 15.6. The molecule has 0 atom stereocenters. The van der Waals surface area contributed by atoms with Crippen LogP contribution < -0.4 is 14.8 Å². The number of benzene rings is 1. The maximum Gasteiger partial charge on any atom is 0.264 e. The third-order valence-electron chi connectivity index (χ3n) is 4.14. The normalized spacial score (nSPS) is 24.4. The van der Waals surface area contributed by atoms with Crippen LogP contribution in [0.5, 0.6) is 11.5 Å². The fourth-order valence-electron chi connectivity index (χ4n) is 2.99. The molecule has 0 spiro atoms. The van der Waals surface area contributed by atoms with E-state index in [4.69, 9.17) is 9.47 Å². The molecule has 0 bridgehead atoms. The topological polar surface area (TPSA) is 59.9 Å². The van der Waals surface area contributed by atoms with Gasteiger partial charge in [-0.25, -0.2) is 0 Å². The third kappa shape index (κ3) is 3.22. The molecule has 120 valence electrons. The van der Waals surface area contributed by atoms with E-state index >= 15 is 0 Å². The van der Waals surface area contributed by atoms with E-state index in [-0.39, 0.29) is 5.91 Å². The van der Waals surface area contributed by atoms with Crippen molar-refractivity contribution in [2.45, 2.75) is 31.7 Å². The molecule has 0 unspecified atom stereocenters. The number of thioether (sulfide) groups is 1. The molecule has 1 amide bonds. The Balaban J connectivity index is 1.53. The highest BCUT2D eigenvalue weighted by Crippen LogP contribution is 2.33. The highest BCUT2D eigenvalue weighted by molar-refractivity contribution is 8.18. The lowest BCUT2D eigenvalue weighted by atomic mass is 10.2. The number of fused-ring (bicyclic) bond motifs is 1. The summed E-state index contributed by atoms with van der Waals surface area (Å²) in [6, 6.07) is 6.08. The Kier molecular flexibility index (Phi) is 3.99. The Morgan fingerprint density at radius 1 is 1.17 bits per heavy atom. The number of nitrogens with zero attached hydrogens (tertiary/aromatic N) is 1. The van der Waals surface area contributed by atoms with Crippen LogP contribution in [0.1, 0.15) is 31.2 Å². The van der Waals surface area contributed by atoms with Gasteiger partial charge in [0.2, 0.25) is 0 Å². The molecule has 1 N–H and O–H groups in total. The molecular weight excluding hydrogens is 312 g/mol. The van der Waals surface area contributed by atoms with Gasteiger partial charge in [-0.05, 0) is 48.4 Å². The fourth-order valence-corrected chi connectivity index (χ4v) is 3.88. The highest BCUT2D eigenvalue weighted by Gasteiger charge is 2.25. The first kappa shape index (κ1) is 14.6. The molecule has 2 heterocycles. The summed E-state index contributed by atoms with van der Waals surface area (Å²) in [4.78, 5) is 17.4. The molecule has 1 saturated heterocycles. The Bertz CT molecular complexity index is 693. The Labute approximate surface area is 139 Å². The van der Waals surface area contributed by atoms with Gasteiger partial charge in [0, 0.05) is 0 Å². The lowest BCUT2D eigenvalue weighted by Gasteiger charge is -2.18. The molecule has 4 rings (SSSR count). The van der Waals surface area contributed by atoms with E-state index in [0.29, 0.717) is 24.2 Å². The molecule has 3 aliphatic rings. The van der Waals surface area contributed by atoms with Crippen molar-refractivity contribution in [2.75, 3.05) is 13.2 Å². The number of nitrogens with one attached hydrogen (secondary N) is 1. The Morgan fingerprint density at radius 2 is 1.96 bits per heavy atom. The van der Waals surface area contributed by atoms with E-state index in [1.54, 1.807) is 0 Å². The minimum Gasteiger partial charge on any atom is -0.486 e. The van der Waals surface area contributed by atoms with Gasteiger partial charge in [-0.3, -0.25) is 9.79 Å². The van der Waals surface area contributed by atoms with Crippen LogP contribution >= 0.6 is 11.8 Å². The van der Waals surface area contributed by atoms with Crippen molar-refractivity contribution in [3.05, 3.63) is 28.7 Å². The second-order valence-corrected chi connectivity index (χ2v) is 6.87. The van der Waals surface area contributed by atoms with Crippen molar-refractivity contribution in [3.8, 4) is 11.5 Å². The van der Waals surface area contributed by atoms with Crippen molar-refractivity contribution >= 4 is 28.9 Å². The SMILES string of the molecule is O=C1NC(=NC2CCCC2)SC1=Cc1ccc2c(c1)OCCO2. The maximum absolute atomic E-state index is 12.1. The van der Waals surface area contributed by atoms with E-state index < -0.39 is 0 Å². The highest BCUT2D eigenvalue weighted by atomic mass is 32.2. The van der Waals surface area contributed by atoms with Gasteiger partial charge in [0.25, 0.3) is 5.91 Å². The molecule has 23 heavy (non-hydrogen) atoms. The minimum absolute atomic E-state index is 0.0818. The first-order valence-corrected chi connectivity index (χ1v) is 8.78. The average molecular weight is 330 g/mol. The zero-order valence-corrected chi connectivity index (χ0v) is 13.5. The molecule has 6 heteroatoms. The van der Waals surface area contributed by atoms with Gasteiger partial charge in [0.05, 0.1) is 10.9 Å². The number of rotatable bonds is 2. The van der Waals surface area contributed by atoms with Gasteiger partial charge in [-0.1, -0.05) is 18.9 Å². The maximum atomic E-state index is 12.1. The molecule has 1 aliphatic carbocycles. The number of carbonyl (C=O) groups is 1. The van der Waals surface area contributed by atoms with Gasteiger partial charge >= 0.3 is 0 Å². The number of carbonyl (C=O) groups excluding carboxylic acids is 1. The third-order valence-corrected chi connectivity index (χ3v) is 5.06. The summed E-state index contributed by atoms with van der Waals surface area (Å²) in [5.74, 6) is 1.40. The van der Waals surface area contributed by atoms with Gasteiger partial charge in [0.15, 0.2) is 16.7 Å². The predicted molar refractivity (Wildman–Crippen MR) is 90.8 cm³/mol. The summed E-state index contributed by atoms with van der Waals surface area (Å²) in [6.45, 7) is 1.13. The fraction of sp³-hybridized carbons (Fsp3) is 0.412. The van der Waals surface area contributed by atoms with Crippen LogP contribution in [0.15, 0.2) is 28.1 Å². The van der Waals surface area contributed by atoms with Crippen LogP contribution in [0.2, 0.25) is 0 Å². The number of hydrogen-bond donors (Lipinski definition) is 1. The van der Waals surface area contributed by atoms with E-state index in [1.807, 2.05) is 24.3 Å². The average Bonchev–Trinajstić information content (AvgIpc) is 3.18. The first-order chi connectivity index (χ1) is 11.3. The van der Waals surface area contributed by atoms with E-state index in [0.717, 1.165) is 35.1 Å². The number of amidine groups is 1. The Hall–Kier alpha value is -1.95. The van der Waals surface area contributed by atoms with E-state index in [2.05, 4.69) is 10.3 Å². The van der Waals surface area contributed by atoms with E-state index in [1.165, 1.54) is 24.6 Å². The van der Waals surface area contributed by atoms with Crippen molar-refractivity contribution in [3.63, 3.8) is 0 Å². The summed E-state index contributed by atoms with van der Waals surface area (Å²) in [5.41, 5.74) is 0.925. The molecule has 1 aromatic rings. The zero-order valence-electron chi connectivity index (χ0n) is 12.7. The van der Waals surface area contributed by atoms with Crippen molar-refractivity contribution in [1.82, 2.24) is 5.32 Å². The molecule has 0 aromatic heterocycles. The van der Waals surface area contributed by atoms with E-state index in [9.17, 15) is 4.79 Å². The van der Waals surface area contributed by atoms with Crippen LogP contribution in [-0.4, -0.2) is 30.3 Å². The minimum atomic E-state index is -0.0818. The molecule has 2 fully saturated rings. The van der Waals surface area contributed by atoms with Gasteiger partial charge in [-0.15, -0.1) is 0 Å². The van der Waals surface area contributed by atoms with Crippen molar-refractivity contribution in [1.29, 1.82) is 0 Å². The van der Waals surface area contributed by atoms with Crippen molar-refractivity contribution in [2.24, 2.45) is 4.99 Å². The van der Waals surface area contributed by atoms with Crippen LogP contribution in [-0.2, 0) is 4.79 Å². The van der Waals surface area contributed by atoms with Gasteiger partial charge in [-0.2, -0.15) is 0 Å². The second kappa shape index (κ2) is 6.28. The molecule has 1 aromatic carbocycles. The standard InChI is InChI=1S/C17H18N2O3S/c20-16-15(23-17(19-16)18-12-3-1-2-4-12)10-11-5-6-13-14(9-11)22-8-7-21-13/h5-6,9-10,12H,1-4,7-8H2,(H,18,19,20). The number of hydrogen-bond acceptors (Lipinski definition) is 5. The lowest BCUT2D eigenvalue weighted by molar-refractivity contribution is -0.115. The monoisotopic (exact) mass is 330 g/mol. The molecule has 5 nitrogen and oxygen atoms in total.